The van der Waals surface area contributed by atoms with Gasteiger partial charge in [-0.05, 0) is 75.0 Å². The van der Waals surface area contributed by atoms with Crippen molar-refractivity contribution in [2.45, 2.75) is 57.4 Å². The van der Waals surface area contributed by atoms with Crippen LogP contribution in [0.15, 0.2) is 0 Å². The van der Waals surface area contributed by atoms with Crippen molar-refractivity contribution in [3.05, 3.63) is 0 Å². The molecule has 122 valence electrons. The Morgan fingerprint density at radius 1 is 0.955 bits per heavy atom. The lowest BCUT2D eigenvalue weighted by Gasteiger charge is -2.54. The van der Waals surface area contributed by atoms with E-state index in [1.165, 1.54) is 39.2 Å². The summed E-state index contributed by atoms with van der Waals surface area (Å²) in [6.45, 7) is 0.737. The van der Waals surface area contributed by atoms with Crippen LogP contribution in [-0.4, -0.2) is 36.5 Å². The number of hydrogen-bond acceptors (Lipinski definition) is 3. The van der Waals surface area contributed by atoms with Crippen LogP contribution >= 0.6 is 0 Å². The largest absolute Gasteiger partial charge is 0.467 e. The number of rotatable bonds is 2. The van der Waals surface area contributed by atoms with Gasteiger partial charge >= 0.3 is 5.97 Å². The van der Waals surface area contributed by atoms with E-state index in [9.17, 15) is 9.59 Å². The van der Waals surface area contributed by atoms with Crippen molar-refractivity contribution in [3.63, 3.8) is 0 Å². The van der Waals surface area contributed by atoms with Crippen LogP contribution in [0.5, 0.6) is 0 Å². The number of esters is 1. The number of methoxy groups -OCH3 is 1. The van der Waals surface area contributed by atoms with Crippen LogP contribution in [0.2, 0.25) is 0 Å². The van der Waals surface area contributed by atoms with Gasteiger partial charge in [-0.3, -0.25) is 4.79 Å². The fraction of sp³-hybridized carbons (Fsp3) is 0.889. The highest BCUT2D eigenvalue weighted by atomic mass is 16.5. The molecule has 4 saturated carbocycles. The maximum absolute atomic E-state index is 13.2. The van der Waals surface area contributed by atoms with Gasteiger partial charge in [-0.1, -0.05) is 0 Å². The first-order chi connectivity index (χ1) is 10.7. The minimum Gasteiger partial charge on any atom is -0.467 e. The Balaban J connectivity index is 1.54. The number of piperidine rings is 1. The van der Waals surface area contributed by atoms with Gasteiger partial charge in [0.25, 0.3) is 0 Å². The molecule has 0 aromatic carbocycles. The molecule has 1 saturated heterocycles. The summed E-state index contributed by atoms with van der Waals surface area (Å²) < 4.78 is 4.94. The summed E-state index contributed by atoms with van der Waals surface area (Å²) >= 11 is 0. The van der Waals surface area contributed by atoms with Crippen LogP contribution in [0.4, 0.5) is 0 Å². The Kier molecular flexibility index (Phi) is 3.66. The minimum atomic E-state index is -0.330. The average molecular weight is 305 g/mol. The summed E-state index contributed by atoms with van der Waals surface area (Å²) in [7, 11) is 1.43. The van der Waals surface area contributed by atoms with E-state index < -0.39 is 0 Å². The summed E-state index contributed by atoms with van der Waals surface area (Å²) in [6.07, 6.45) is 9.21. The van der Waals surface area contributed by atoms with E-state index in [4.69, 9.17) is 4.74 Å². The number of carbonyl (C=O) groups excluding carboxylic acids is 2. The summed E-state index contributed by atoms with van der Waals surface area (Å²) in [5, 5.41) is 0. The lowest BCUT2D eigenvalue weighted by molar-refractivity contribution is -0.162. The van der Waals surface area contributed by atoms with Crippen molar-refractivity contribution in [1.82, 2.24) is 4.90 Å². The van der Waals surface area contributed by atoms with E-state index in [2.05, 4.69) is 0 Å². The summed E-state index contributed by atoms with van der Waals surface area (Å²) in [4.78, 5) is 27.2. The van der Waals surface area contributed by atoms with Crippen molar-refractivity contribution < 1.29 is 14.3 Å². The molecular weight excluding hydrogens is 278 g/mol. The Morgan fingerprint density at radius 2 is 1.59 bits per heavy atom. The zero-order chi connectivity index (χ0) is 15.3. The third-order valence-electron chi connectivity index (χ3n) is 6.77. The van der Waals surface area contributed by atoms with Crippen molar-refractivity contribution in [2.24, 2.45) is 29.6 Å². The summed E-state index contributed by atoms with van der Waals surface area (Å²) in [6, 6.07) is -0.330. The molecule has 0 N–H and O–H groups in total. The van der Waals surface area contributed by atoms with Gasteiger partial charge in [-0.2, -0.15) is 0 Å². The highest BCUT2D eigenvalue weighted by molar-refractivity contribution is 5.86. The zero-order valence-electron chi connectivity index (χ0n) is 13.5. The van der Waals surface area contributed by atoms with Gasteiger partial charge < -0.3 is 9.64 Å². The molecule has 1 amide bonds. The van der Waals surface area contributed by atoms with E-state index in [0.29, 0.717) is 11.8 Å². The van der Waals surface area contributed by atoms with Gasteiger partial charge in [-0.25, -0.2) is 4.79 Å². The monoisotopic (exact) mass is 305 g/mol. The second-order valence-corrected chi connectivity index (χ2v) is 8.02. The number of carbonyl (C=O) groups is 2. The first-order valence-corrected chi connectivity index (χ1v) is 9.05. The second-order valence-electron chi connectivity index (χ2n) is 8.02. The van der Waals surface area contributed by atoms with Crippen molar-refractivity contribution in [2.75, 3.05) is 13.7 Å². The zero-order valence-corrected chi connectivity index (χ0v) is 13.5. The Morgan fingerprint density at radius 3 is 2.18 bits per heavy atom. The fourth-order valence-corrected chi connectivity index (χ4v) is 6.10. The number of amides is 1. The fourth-order valence-electron chi connectivity index (χ4n) is 6.10. The molecular formula is C18H27NO3. The van der Waals surface area contributed by atoms with Crippen LogP contribution in [0, 0.1) is 29.6 Å². The molecule has 4 heteroatoms. The predicted molar refractivity (Wildman–Crippen MR) is 81.9 cm³/mol. The van der Waals surface area contributed by atoms with E-state index >= 15 is 0 Å². The molecule has 22 heavy (non-hydrogen) atoms. The molecule has 0 spiro atoms. The van der Waals surface area contributed by atoms with Crippen molar-refractivity contribution >= 4 is 11.9 Å². The van der Waals surface area contributed by atoms with E-state index in [0.717, 1.165) is 37.6 Å². The van der Waals surface area contributed by atoms with Crippen LogP contribution in [0.25, 0.3) is 0 Å². The highest BCUT2D eigenvalue weighted by Crippen LogP contribution is 2.57. The smallest absolute Gasteiger partial charge is 0.328 e. The molecule has 4 bridgehead atoms. The van der Waals surface area contributed by atoms with Crippen molar-refractivity contribution in [1.29, 1.82) is 0 Å². The van der Waals surface area contributed by atoms with Gasteiger partial charge in [-0.15, -0.1) is 0 Å². The van der Waals surface area contributed by atoms with Gasteiger partial charge in [0.05, 0.1) is 7.11 Å². The van der Waals surface area contributed by atoms with Crippen LogP contribution < -0.4 is 0 Å². The number of hydrogen-bond donors (Lipinski definition) is 0. The van der Waals surface area contributed by atoms with Gasteiger partial charge in [0.2, 0.25) is 5.91 Å². The molecule has 1 heterocycles. The van der Waals surface area contributed by atoms with Crippen LogP contribution in [-0.2, 0) is 14.3 Å². The quantitative estimate of drug-likeness (QED) is 0.737. The number of ether oxygens (including phenoxy) is 1. The molecule has 5 aliphatic rings. The second kappa shape index (κ2) is 5.54. The highest BCUT2D eigenvalue weighted by Gasteiger charge is 2.52. The van der Waals surface area contributed by atoms with E-state index in [1.807, 2.05) is 4.90 Å². The Labute approximate surface area is 132 Å². The van der Waals surface area contributed by atoms with Crippen molar-refractivity contribution in [3.8, 4) is 0 Å². The number of nitrogens with zero attached hydrogens (tertiary/aromatic N) is 1. The first kappa shape index (κ1) is 14.5. The maximum Gasteiger partial charge on any atom is 0.328 e. The molecule has 4 nitrogen and oxygen atoms in total. The molecule has 1 unspecified atom stereocenters. The SMILES string of the molecule is COC(=O)C1CCCCN1C(=O)C1C2CC3CC(C2)CC1C3. The molecule has 5 rings (SSSR count). The third kappa shape index (κ3) is 2.26. The molecule has 0 radical (unpaired) electrons. The lowest BCUT2D eigenvalue weighted by Crippen LogP contribution is -2.56. The predicted octanol–water partition coefficient (Wildman–Crippen LogP) is 2.61. The summed E-state index contributed by atoms with van der Waals surface area (Å²) in [5.41, 5.74) is 0. The van der Waals surface area contributed by atoms with E-state index in [-0.39, 0.29) is 23.8 Å². The molecule has 1 aliphatic heterocycles. The Bertz CT molecular complexity index is 447. The summed E-state index contributed by atoms with van der Waals surface area (Å²) in [5.74, 6) is 3.17. The van der Waals surface area contributed by atoms with Gasteiger partial charge in [0.1, 0.15) is 6.04 Å². The normalized spacial score (nSPS) is 43.2. The maximum atomic E-state index is 13.2. The molecule has 1 atom stereocenters. The topological polar surface area (TPSA) is 46.6 Å². The van der Waals surface area contributed by atoms with Crippen LogP contribution in [0.3, 0.4) is 0 Å². The standard InChI is InChI=1S/C18H27NO3/c1-22-18(21)15-4-2-3-5-19(15)17(20)16-13-7-11-6-12(9-13)10-14(16)8-11/h11-16H,2-10H2,1H3. The molecule has 0 aromatic heterocycles. The average Bonchev–Trinajstić information content (AvgIpc) is 2.53. The first-order valence-electron chi connectivity index (χ1n) is 9.05. The van der Waals surface area contributed by atoms with Crippen LogP contribution in [0.1, 0.15) is 51.4 Å². The lowest BCUT2D eigenvalue weighted by atomic mass is 9.51. The Hall–Kier alpha value is -1.06. The molecule has 4 aliphatic carbocycles. The molecule has 0 aromatic rings. The minimum absolute atomic E-state index is 0.193. The molecule has 5 fully saturated rings. The van der Waals surface area contributed by atoms with Gasteiger partial charge in [0.15, 0.2) is 0 Å². The number of likely N-dealkylation sites (tertiary alicyclic amines) is 1. The van der Waals surface area contributed by atoms with E-state index in [1.54, 1.807) is 0 Å². The third-order valence-corrected chi connectivity index (χ3v) is 6.77. The van der Waals surface area contributed by atoms with Gasteiger partial charge in [0, 0.05) is 12.5 Å².